The van der Waals surface area contributed by atoms with Crippen LogP contribution in [0.5, 0.6) is 0 Å². The predicted octanol–water partition coefficient (Wildman–Crippen LogP) is 0.0861. The van der Waals surface area contributed by atoms with Gasteiger partial charge in [0.1, 0.15) is 6.54 Å². The molecule has 6 nitrogen and oxygen atoms in total. The average molecular weight is 217 g/mol. The Kier molecular flexibility index (Phi) is 2.90. The van der Waals surface area contributed by atoms with Gasteiger partial charge in [0.05, 0.1) is 0 Å². The molecule has 0 aliphatic carbocycles. The minimum absolute atomic E-state index is 0.119. The highest BCUT2D eigenvalue weighted by molar-refractivity contribution is 5.75. The largest absolute Gasteiger partial charge is 0.358 e. The maximum absolute atomic E-state index is 11.2. The summed E-state index contributed by atoms with van der Waals surface area (Å²) in [4.78, 5) is 11.2. The van der Waals surface area contributed by atoms with Crippen molar-refractivity contribution < 1.29 is 4.79 Å². The van der Waals surface area contributed by atoms with Crippen LogP contribution >= 0.6 is 0 Å². The fourth-order valence-electron chi connectivity index (χ4n) is 1.32. The number of hydrogen-bond donors (Lipinski definition) is 1. The minimum Gasteiger partial charge on any atom is -0.358 e. The number of amides is 1. The molecule has 2 aromatic rings. The summed E-state index contributed by atoms with van der Waals surface area (Å²) in [6.45, 7) is 0.119. The Balaban J connectivity index is 2.29. The molecule has 2 rings (SSSR count). The molecule has 82 valence electrons. The van der Waals surface area contributed by atoms with Gasteiger partial charge in [-0.25, -0.2) is 4.68 Å². The second kappa shape index (κ2) is 4.52. The summed E-state index contributed by atoms with van der Waals surface area (Å²) in [6, 6.07) is 9.50. The summed E-state index contributed by atoms with van der Waals surface area (Å²) in [5.74, 6) is 0.452. The lowest BCUT2D eigenvalue weighted by atomic mass is 10.2. The van der Waals surface area contributed by atoms with Crippen LogP contribution in [-0.2, 0) is 11.3 Å². The van der Waals surface area contributed by atoms with Crippen LogP contribution in [0.15, 0.2) is 30.3 Å². The van der Waals surface area contributed by atoms with Gasteiger partial charge < -0.3 is 5.32 Å². The third kappa shape index (κ3) is 2.05. The van der Waals surface area contributed by atoms with Gasteiger partial charge in [-0.15, -0.1) is 5.10 Å². The smallest absolute Gasteiger partial charge is 0.241 e. The van der Waals surface area contributed by atoms with Gasteiger partial charge in [-0.05, 0) is 10.4 Å². The van der Waals surface area contributed by atoms with Gasteiger partial charge >= 0.3 is 0 Å². The standard InChI is InChI=1S/C10H11N5O/c1-11-9(16)7-15-10(12-13-14-15)8-5-3-2-4-6-8/h2-6H,7H2,1H3,(H,11,16). The highest BCUT2D eigenvalue weighted by Gasteiger charge is 2.10. The maximum Gasteiger partial charge on any atom is 0.241 e. The Labute approximate surface area is 92.3 Å². The summed E-state index contributed by atoms with van der Waals surface area (Å²) in [7, 11) is 1.58. The monoisotopic (exact) mass is 217 g/mol. The number of tetrazole rings is 1. The van der Waals surface area contributed by atoms with Gasteiger partial charge in [0.25, 0.3) is 0 Å². The van der Waals surface area contributed by atoms with E-state index < -0.39 is 0 Å². The second-order valence-electron chi connectivity index (χ2n) is 3.20. The molecule has 0 saturated heterocycles. The zero-order valence-electron chi connectivity index (χ0n) is 8.79. The number of carbonyl (C=O) groups excluding carboxylic acids is 1. The number of carbonyl (C=O) groups is 1. The molecule has 6 heteroatoms. The van der Waals surface area contributed by atoms with Crippen molar-refractivity contribution in [1.29, 1.82) is 0 Å². The van der Waals surface area contributed by atoms with Crippen LogP contribution in [0.4, 0.5) is 0 Å². The third-order valence-electron chi connectivity index (χ3n) is 2.14. The topological polar surface area (TPSA) is 72.7 Å². The molecule has 0 atom stereocenters. The minimum atomic E-state index is -0.135. The number of likely N-dealkylation sites (N-methyl/N-ethyl adjacent to an activating group) is 1. The van der Waals surface area contributed by atoms with Crippen LogP contribution in [0.25, 0.3) is 11.4 Å². The molecule has 0 fully saturated rings. The Morgan fingerprint density at radius 2 is 2.12 bits per heavy atom. The van der Waals surface area contributed by atoms with E-state index in [1.165, 1.54) is 4.68 Å². The lowest BCUT2D eigenvalue weighted by molar-refractivity contribution is -0.121. The highest BCUT2D eigenvalue weighted by atomic mass is 16.2. The van der Waals surface area contributed by atoms with Crippen molar-refractivity contribution in [2.24, 2.45) is 0 Å². The lowest BCUT2D eigenvalue weighted by Crippen LogP contribution is -2.24. The van der Waals surface area contributed by atoms with E-state index >= 15 is 0 Å². The Morgan fingerprint density at radius 3 is 2.81 bits per heavy atom. The first-order valence-corrected chi connectivity index (χ1v) is 4.83. The van der Waals surface area contributed by atoms with Gasteiger partial charge in [0.2, 0.25) is 5.91 Å². The Morgan fingerprint density at radius 1 is 1.38 bits per heavy atom. The van der Waals surface area contributed by atoms with Gasteiger partial charge in [-0.2, -0.15) is 0 Å². The Bertz CT molecular complexity index is 479. The maximum atomic E-state index is 11.2. The molecule has 0 aliphatic heterocycles. The summed E-state index contributed by atoms with van der Waals surface area (Å²) < 4.78 is 1.47. The van der Waals surface area contributed by atoms with E-state index in [9.17, 15) is 4.79 Å². The van der Waals surface area contributed by atoms with Crippen LogP contribution in [0.1, 0.15) is 0 Å². The number of rotatable bonds is 3. The van der Waals surface area contributed by atoms with Gasteiger partial charge in [0.15, 0.2) is 5.82 Å². The van der Waals surface area contributed by atoms with Gasteiger partial charge in [-0.3, -0.25) is 4.79 Å². The summed E-state index contributed by atoms with van der Waals surface area (Å²) in [6.07, 6.45) is 0. The molecule has 0 spiro atoms. The van der Waals surface area contributed by atoms with E-state index in [0.717, 1.165) is 5.56 Å². The number of aromatic nitrogens is 4. The van der Waals surface area contributed by atoms with Crippen LogP contribution in [0.3, 0.4) is 0 Å². The molecule has 1 N–H and O–H groups in total. The van der Waals surface area contributed by atoms with Crippen LogP contribution in [0, 0.1) is 0 Å². The first-order valence-electron chi connectivity index (χ1n) is 4.83. The normalized spacial score (nSPS) is 10.1. The second-order valence-corrected chi connectivity index (χ2v) is 3.20. The molecule has 0 saturated carbocycles. The van der Waals surface area contributed by atoms with Crippen molar-refractivity contribution in [3.8, 4) is 11.4 Å². The zero-order chi connectivity index (χ0) is 11.4. The molecular formula is C10H11N5O. The third-order valence-corrected chi connectivity index (χ3v) is 2.14. The van der Waals surface area contributed by atoms with E-state index in [2.05, 4.69) is 20.8 Å². The number of nitrogens with zero attached hydrogens (tertiary/aromatic N) is 4. The summed E-state index contributed by atoms with van der Waals surface area (Å²) in [5, 5.41) is 13.8. The average Bonchev–Trinajstić information content (AvgIpc) is 2.78. The molecule has 0 bridgehead atoms. The number of benzene rings is 1. The van der Waals surface area contributed by atoms with Crippen LogP contribution in [0.2, 0.25) is 0 Å². The number of nitrogens with one attached hydrogen (secondary N) is 1. The molecule has 0 radical (unpaired) electrons. The zero-order valence-corrected chi connectivity index (χ0v) is 8.79. The molecule has 1 heterocycles. The molecule has 1 amide bonds. The fourth-order valence-corrected chi connectivity index (χ4v) is 1.32. The van der Waals surface area contributed by atoms with E-state index in [1.54, 1.807) is 7.05 Å². The van der Waals surface area contributed by atoms with E-state index in [0.29, 0.717) is 5.82 Å². The SMILES string of the molecule is CNC(=O)Cn1nnnc1-c1ccccc1. The molecule has 0 aliphatic rings. The van der Waals surface area contributed by atoms with E-state index in [4.69, 9.17) is 0 Å². The number of hydrogen-bond acceptors (Lipinski definition) is 4. The fraction of sp³-hybridized carbons (Fsp3) is 0.200. The van der Waals surface area contributed by atoms with Crippen molar-refractivity contribution in [3.63, 3.8) is 0 Å². The highest BCUT2D eigenvalue weighted by Crippen LogP contribution is 2.13. The first kappa shape index (κ1) is 10.3. The first-order chi connectivity index (χ1) is 7.81. The summed E-state index contributed by atoms with van der Waals surface area (Å²) in [5.41, 5.74) is 0.886. The van der Waals surface area contributed by atoms with Crippen LogP contribution < -0.4 is 5.32 Å². The predicted molar refractivity (Wildman–Crippen MR) is 57.3 cm³/mol. The van der Waals surface area contributed by atoms with Crippen molar-refractivity contribution in [3.05, 3.63) is 30.3 Å². The van der Waals surface area contributed by atoms with Crippen molar-refractivity contribution in [2.75, 3.05) is 7.05 Å². The molecular weight excluding hydrogens is 206 g/mol. The van der Waals surface area contributed by atoms with E-state index in [1.807, 2.05) is 30.3 Å². The van der Waals surface area contributed by atoms with Crippen molar-refractivity contribution in [1.82, 2.24) is 25.5 Å². The Hall–Kier alpha value is -2.24. The molecule has 1 aromatic heterocycles. The van der Waals surface area contributed by atoms with Crippen LogP contribution in [-0.4, -0.2) is 33.2 Å². The van der Waals surface area contributed by atoms with Gasteiger partial charge in [0, 0.05) is 12.6 Å². The van der Waals surface area contributed by atoms with E-state index in [-0.39, 0.29) is 12.5 Å². The van der Waals surface area contributed by atoms with Crippen molar-refractivity contribution in [2.45, 2.75) is 6.54 Å². The summed E-state index contributed by atoms with van der Waals surface area (Å²) >= 11 is 0. The van der Waals surface area contributed by atoms with Crippen molar-refractivity contribution >= 4 is 5.91 Å². The molecule has 0 unspecified atom stereocenters. The quantitative estimate of drug-likeness (QED) is 0.790. The van der Waals surface area contributed by atoms with Gasteiger partial charge in [-0.1, -0.05) is 30.3 Å². The lowest BCUT2D eigenvalue weighted by Gasteiger charge is -2.02. The molecule has 1 aromatic carbocycles. The molecule has 16 heavy (non-hydrogen) atoms.